The van der Waals surface area contributed by atoms with Crippen LogP contribution in [0.25, 0.3) is 0 Å². The number of hydrogen-bond acceptors (Lipinski definition) is 8. The number of nitrogens with zero attached hydrogens (tertiary/aromatic N) is 4. The summed E-state index contributed by atoms with van der Waals surface area (Å²) >= 11 is 1.58. The van der Waals surface area contributed by atoms with E-state index >= 15 is 0 Å². The van der Waals surface area contributed by atoms with E-state index in [9.17, 15) is 0 Å². The van der Waals surface area contributed by atoms with Crippen molar-refractivity contribution in [1.29, 1.82) is 0 Å². The molecule has 0 saturated heterocycles. The quantitative estimate of drug-likeness (QED) is 0.771. The fraction of sp³-hybridized carbons (Fsp3) is 0.500. The lowest BCUT2D eigenvalue weighted by Crippen LogP contribution is -2.11. The summed E-state index contributed by atoms with van der Waals surface area (Å²) in [6.07, 6.45) is 2.68. The third-order valence-electron chi connectivity index (χ3n) is 2.27. The number of rotatable bonds is 8. The molecule has 0 amide bonds. The predicted octanol–water partition coefficient (Wildman–Crippen LogP) is 2.16. The van der Waals surface area contributed by atoms with Crippen LogP contribution in [0, 0.1) is 0 Å². The molecule has 0 aliphatic carbocycles. The number of anilines is 2. The highest BCUT2D eigenvalue weighted by molar-refractivity contribution is 7.09. The van der Waals surface area contributed by atoms with Crippen LogP contribution in [-0.4, -0.2) is 33.1 Å². The molecule has 8 heteroatoms. The van der Waals surface area contributed by atoms with Crippen LogP contribution in [0.4, 0.5) is 11.9 Å². The Morgan fingerprint density at radius 1 is 1.15 bits per heavy atom. The SMILES string of the molecule is CCCOc1nc(NCC)nc(NCc2nccs2)n1. The molecule has 2 aromatic rings. The van der Waals surface area contributed by atoms with Crippen LogP contribution < -0.4 is 15.4 Å². The molecule has 0 atom stereocenters. The van der Waals surface area contributed by atoms with Crippen molar-refractivity contribution in [2.24, 2.45) is 0 Å². The van der Waals surface area contributed by atoms with Gasteiger partial charge in [0.05, 0.1) is 13.2 Å². The predicted molar refractivity (Wildman–Crippen MR) is 79.2 cm³/mol. The Bertz CT molecular complexity index is 519. The molecule has 0 saturated carbocycles. The van der Waals surface area contributed by atoms with Gasteiger partial charge in [-0.3, -0.25) is 0 Å². The fourth-order valence-corrected chi connectivity index (χ4v) is 1.98. The molecule has 0 aromatic carbocycles. The minimum atomic E-state index is 0.333. The van der Waals surface area contributed by atoms with Crippen LogP contribution >= 0.6 is 11.3 Å². The van der Waals surface area contributed by atoms with Gasteiger partial charge in [0.15, 0.2) is 0 Å². The monoisotopic (exact) mass is 294 g/mol. The summed E-state index contributed by atoms with van der Waals surface area (Å²) in [5.41, 5.74) is 0. The Morgan fingerprint density at radius 3 is 2.60 bits per heavy atom. The van der Waals surface area contributed by atoms with Gasteiger partial charge in [0, 0.05) is 18.1 Å². The maximum atomic E-state index is 5.46. The number of hydrogen-bond donors (Lipinski definition) is 2. The maximum Gasteiger partial charge on any atom is 0.323 e. The van der Waals surface area contributed by atoms with E-state index in [1.54, 1.807) is 17.5 Å². The van der Waals surface area contributed by atoms with E-state index in [0.717, 1.165) is 18.0 Å². The molecule has 20 heavy (non-hydrogen) atoms. The van der Waals surface area contributed by atoms with Gasteiger partial charge < -0.3 is 15.4 Å². The zero-order valence-corrected chi connectivity index (χ0v) is 12.4. The Hall–Kier alpha value is -1.96. The fourth-order valence-electron chi connectivity index (χ4n) is 1.43. The molecule has 0 aliphatic heterocycles. The second kappa shape index (κ2) is 7.59. The van der Waals surface area contributed by atoms with Gasteiger partial charge in [0.25, 0.3) is 0 Å². The molecule has 2 heterocycles. The van der Waals surface area contributed by atoms with Gasteiger partial charge in [0.1, 0.15) is 5.01 Å². The molecule has 2 N–H and O–H groups in total. The molecular formula is C12H18N6OS. The van der Waals surface area contributed by atoms with Gasteiger partial charge in [0.2, 0.25) is 11.9 Å². The van der Waals surface area contributed by atoms with Crippen molar-refractivity contribution in [2.75, 3.05) is 23.8 Å². The number of aromatic nitrogens is 4. The van der Waals surface area contributed by atoms with E-state index in [0.29, 0.717) is 31.1 Å². The van der Waals surface area contributed by atoms with Crippen LogP contribution in [0.5, 0.6) is 6.01 Å². The van der Waals surface area contributed by atoms with E-state index in [4.69, 9.17) is 4.74 Å². The minimum Gasteiger partial charge on any atom is -0.463 e. The highest BCUT2D eigenvalue weighted by Crippen LogP contribution is 2.13. The van der Waals surface area contributed by atoms with Gasteiger partial charge in [-0.1, -0.05) is 6.92 Å². The molecule has 2 aromatic heterocycles. The van der Waals surface area contributed by atoms with Gasteiger partial charge in [-0.25, -0.2) is 4.98 Å². The highest BCUT2D eigenvalue weighted by Gasteiger charge is 2.07. The molecule has 0 spiro atoms. The molecule has 0 aliphatic rings. The number of thiazole rings is 1. The Balaban J connectivity index is 2.06. The van der Waals surface area contributed by atoms with E-state index in [1.165, 1.54) is 0 Å². The van der Waals surface area contributed by atoms with Gasteiger partial charge in [-0.15, -0.1) is 11.3 Å². The van der Waals surface area contributed by atoms with Crippen molar-refractivity contribution in [3.63, 3.8) is 0 Å². The molecule has 0 fully saturated rings. The average molecular weight is 294 g/mol. The summed E-state index contributed by atoms with van der Waals surface area (Å²) in [6.45, 7) is 5.93. The standard InChI is InChI=1S/C12H18N6OS/c1-3-6-19-12-17-10(13-4-2)16-11(18-12)15-8-9-14-5-7-20-9/h5,7H,3-4,6,8H2,1-2H3,(H2,13,15,16,17,18). The maximum absolute atomic E-state index is 5.46. The number of nitrogens with one attached hydrogen (secondary N) is 2. The molecule has 0 radical (unpaired) electrons. The Kier molecular flexibility index (Phi) is 5.48. The normalized spacial score (nSPS) is 10.3. The van der Waals surface area contributed by atoms with Crippen LogP contribution in [-0.2, 0) is 6.54 Å². The summed E-state index contributed by atoms with van der Waals surface area (Å²) in [4.78, 5) is 16.9. The molecule has 2 rings (SSSR count). The van der Waals surface area contributed by atoms with Crippen LogP contribution in [0.1, 0.15) is 25.3 Å². The van der Waals surface area contributed by atoms with Crippen molar-refractivity contribution in [3.8, 4) is 6.01 Å². The Labute approximate surface area is 121 Å². The molecule has 108 valence electrons. The summed E-state index contributed by atoms with van der Waals surface area (Å²) < 4.78 is 5.46. The van der Waals surface area contributed by atoms with Crippen molar-refractivity contribution in [3.05, 3.63) is 16.6 Å². The second-order valence-electron chi connectivity index (χ2n) is 3.92. The van der Waals surface area contributed by atoms with Crippen molar-refractivity contribution in [1.82, 2.24) is 19.9 Å². The minimum absolute atomic E-state index is 0.333. The lowest BCUT2D eigenvalue weighted by atomic mass is 10.5. The third-order valence-corrected chi connectivity index (χ3v) is 3.05. The first-order valence-electron chi connectivity index (χ1n) is 6.56. The summed E-state index contributed by atoms with van der Waals surface area (Å²) in [6, 6.07) is 0.333. The second-order valence-corrected chi connectivity index (χ2v) is 4.90. The van der Waals surface area contributed by atoms with E-state index in [2.05, 4.69) is 30.6 Å². The number of ether oxygens (including phenoxy) is 1. The van der Waals surface area contributed by atoms with Crippen LogP contribution in [0.3, 0.4) is 0 Å². The van der Waals surface area contributed by atoms with Gasteiger partial charge >= 0.3 is 6.01 Å². The topological polar surface area (TPSA) is 84.9 Å². The summed E-state index contributed by atoms with van der Waals surface area (Å²) in [5, 5.41) is 9.10. The average Bonchev–Trinajstić information content (AvgIpc) is 2.96. The first kappa shape index (κ1) is 14.4. The third kappa shape index (κ3) is 4.30. The van der Waals surface area contributed by atoms with E-state index in [-0.39, 0.29) is 0 Å². The largest absolute Gasteiger partial charge is 0.463 e. The summed E-state index contributed by atoms with van der Waals surface area (Å²) in [5.74, 6) is 0.993. The first-order chi connectivity index (χ1) is 9.81. The van der Waals surface area contributed by atoms with Crippen molar-refractivity contribution < 1.29 is 4.74 Å². The van der Waals surface area contributed by atoms with Crippen LogP contribution in [0.15, 0.2) is 11.6 Å². The van der Waals surface area contributed by atoms with Crippen LogP contribution in [0.2, 0.25) is 0 Å². The summed E-state index contributed by atoms with van der Waals surface area (Å²) in [7, 11) is 0. The molecule has 0 bridgehead atoms. The molecular weight excluding hydrogens is 276 g/mol. The highest BCUT2D eigenvalue weighted by atomic mass is 32.1. The molecule has 0 unspecified atom stereocenters. The zero-order valence-electron chi connectivity index (χ0n) is 11.6. The van der Waals surface area contributed by atoms with E-state index < -0.39 is 0 Å². The van der Waals surface area contributed by atoms with Crippen molar-refractivity contribution >= 4 is 23.2 Å². The van der Waals surface area contributed by atoms with Gasteiger partial charge in [-0.05, 0) is 13.3 Å². The zero-order chi connectivity index (χ0) is 14.2. The first-order valence-corrected chi connectivity index (χ1v) is 7.44. The van der Waals surface area contributed by atoms with Gasteiger partial charge in [-0.2, -0.15) is 15.0 Å². The Morgan fingerprint density at radius 2 is 1.95 bits per heavy atom. The van der Waals surface area contributed by atoms with E-state index in [1.807, 2.05) is 19.2 Å². The molecule has 7 nitrogen and oxygen atoms in total. The lowest BCUT2D eigenvalue weighted by Gasteiger charge is -2.09. The van der Waals surface area contributed by atoms with Crippen molar-refractivity contribution in [2.45, 2.75) is 26.8 Å². The smallest absolute Gasteiger partial charge is 0.323 e. The lowest BCUT2D eigenvalue weighted by molar-refractivity contribution is 0.292.